The zero-order chi connectivity index (χ0) is 19.4. The van der Waals surface area contributed by atoms with Crippen molar-refractivity contribution in [1.29, 1.82) is 0 Å². The summed E-state index contributed by atoms with van der Waals surface area (Å²) in [7, 11) is -3.79. The fourth-order valence-corrected chi connectivity index (χ4v) is 3.09. The normalized spacial score (nSPS) is 13.5. The molecule has 1 rings (SSSR count). The van der Waals surface area contributed by atoms with Crippen LogP contribution >= 0.6 is 0 Å². The Balaban J connectivity index is 2.91. The number of hydrogen-bond donors (Lipinski definition) is 3. The smallest absolute Gasteiger partial charge is 0.391 e. The standard InChI is InChI=1S/C14H17F3N2O5S/c1-8(2)19-25(23,24)10-5-3-9(4-6-10)12(20)18-11(13(21)22)7-14(15,16)17/h3-6,8,11,19H,7H2,1-2H3,(H,18,20)(H,21,22). The van der Waals surface area contributed by atoms with Crippen LogP contribution in [0.1, 0.15) is 30.6 Å². The molecule has 0 aliphatic rings. The summed E-state index contributed by atoms with van der Waals surface area (Å²) in [5.74, 6) is -2.89. The highest BCUT2D eigenvalue weighted by Gasteiger charge is 2.36. The Morgan fingerprint density at radius 1 is 1.16 bits per heavy atom. The van der Waals surface area contributed by atoms with Gasteiger partial charge in [-0.2, -0.15) is 13.2 Å². The van der Waals surface area contributed by atoms with Crippen LogP contribution in [-0.2, 0) is 14.8 Å². The Bertz CT molecular complexity index is 730. The number of rotatable bonds is 7. The number of carboxylic acid groups (broad SMARTS) is 1. The van der Waals surface area contributed by atoms with Gasteiger partial charge in [-0.15, -0.1) is 0 Å². The first kappa shape index (κ1) is 20.9. The van der Waals surface area contributed by atoms with Crippen LogP contribution in [0.25, 0.3) is 0 Å². The molecule has 7 nitrogen and oxygen atoms in total. The van der Waals surface area contributed by atoms with Gasteiger partial charge in [0.05, 0.1) is 11.3 Å². The second-order valence-electron chi connectivity index (χ2n) is 5.48. The molecule has 0 saturated carbocycles. The molecule has 3 N–H and O–H groups in total. The van der Waals surface area contributed by atoms with Gasteiger partial charge in [0, 0.05) is 11.6 Å². The van der Waals surface area contributed by atoms with E-state index in [-0.39, 0.29) is 16.5 Å². The molecule has 1 unspecified atom stereocenters. The minimum Gasteiger partial charge on any atom is -0.480 e. The minimum atomic E-state index is -4.77. The third kappa shape index (κ3) is 6.70. The number of halogens is 3. The molecule has 1 aromatic carbocycles. The van der Waals surface area contributed by atoms with Crippen molar-refractivity contribution in [3.05, 3.63) is 29.8 Å². The van der Waals surface area contributed by atoms with Gasteiger partial charge < -0.3 is 10.4 Å². The molecule has 1 aromatic rings. The van der Waals surface area contributed by atoms with Crippen LogP contribution in [0.2, 0.25) is 0 Å². The number of aliphatic carboxylic acids is 1. The summed E-state index contributed by atoms with van der Waals surface area (Å²) in [5, 5.41) is 10.5. The largest absolute Gasteiger partial charge is 0.480 e. The van der Waals surface area contributed by atoms with E-state index in [2.05, 4.69) is 4.72 Å². The zero-order valence-corrected chi connectivity index (χ0v) is 14.1. The molecule has 0 spiro atoms. The molecule has 140 valence electrons. The monoisotopic (exact) mass is 382 g/mol. The van der Waals surface area contributed by atoms with E-state index in [1.807, 2.05) is 0 Å². The van der Waals surface area contributed by atoms with Crippen molar-refractivity contribution in [2.24, 2.45) is 0 Å². The Kier molecular flexibility index (Phi) is 6.54. The molecule has 25 heavy (non-hydrogen) atoms. The summed E-state index contributed by atoms with van der Waals surface area (Å²) in [6, 6.07) is 1.86. The van der Waals surface area contributed by atoms with Crippen LogP contribution in [0.15, 0.2) is 29.2 Å². The van der Waals surface area contributed by atoms with E-state index < -0.39 is 40.5 Å². The Morgan fingerprint density at radius 2 is 1.68 bits per heavy atom. The van der Waals surface area contributed by atoms with Crippen molar-refractivity contribution < 1.29 is 36.3 Å². The van der Waals surface area contributed by atoms with Gasteiger partial charge in [-0.25, -0.2) is 17.9 Å². The Morgan fingerprint density at radius 3 is 2.08 bits per heavy atom. The maximum absolute atomic E-state index is 12.3. The summed E-state index contributed by atoms with van der Waals surface area (Å²) in [6.07, 6.45) is -6.49. The maximum atomic E-state index is 12.3. The van der Waals surface area contributed by atoms with Gasteiger partial charge in [0.1, 0.15) is 6.04 Å². The molecule has 0 bridgehead atoms. The summed E-state index contributed by atoms with van der Waals surface area (Å²) < 4.78 is 63.1. The summed E-state index contributed by atoms with van der Waals surface area (Å²) in [4.78, 5) is 22.6. The number of carbonyl (C=O) groups excluding carboxylic acids is 1. The lowest BCUT2D eigenvalue weighted by molar-refractivity contribution is -0.157. The van der Waals surface area contributed by atoms with E-state index in [1.54, 1.807) is 19.2 Å². The van der Waals surface area contributed by atoms with E-state index in [4.69, 9.17) is 5.11 Å². The van der Waals surface area contributed by atoms with Crippen molar-refractivity contribution in [3.63, 3.8) is 0 Å². The third-order valence-electron chi connectivity index (χ3n) is 2.86. The first-order chi connectivity index (χ1) is 11.3. The fourth-order valence-electron chi connectivity index (χ4n) is 1.84. The molecule has 1 atom stereocenters. The Labute approximate surface area is 142 Å². The van der Waals surface area contributed by atoms with Gasteiger partial charge in [-0.1, -0.05) is 0 Å². The van der Waals surface area contributed by atoms with Crippen molar-refractivity contribution in [2.45, 2.75) is 43.4 Å². The molecular weight excluding hydrogens is 365 g/mol. The number of hydrogen-bond acceptors (Lipinski definition) is 4. The van der Waals surface area contributed by atoms with Crippen LogP contribution in [0.5, 0.6) is 0 Å². The zero-order valence-electron chi connectivity index (χ0n) is 13.3. The van der Waals surface area contributed by atoms with Gasteiger partial charge in [0.25, 0.3) is 5.91 Å². The lowest BCUT2D eigenvalue weighted by Gasteiger charge is -2.16. The van der Waals surface area contributed by atoms with Crippen molar-refractivity contribution in [1.82, 2.24) is 10.0 Å². The van der Waals surface area contributed by atoms with Gasteiger partial charge in [-0.3, -0.25) is 4.79 Å². The van der Waals surface area contributed by atoms with E-state index >= 15 is 0 Å². The average molecular weight is 382 g/mol. The van der Waals surface area contributed by atoms with Crippen LogP contribution in [0.4, 0.5) is 13.2 Å². The van der Waals surface area contributed by atoms with Crippen LogP contribution in [0, 0.1) is 0 Å². The number of carboxylic acids is 1. The van der Waals surface area contributed by atoms with Crippen LogP contribution in [-0.4, -0.2) is 43.7 Å². The second-order valence-corrected chi connectivity index (χ2v) is 7.20. The molecule has 0 aromatic heterocycles. The highest BCUT2D eigenvalue weighted by atomic mass is 32.2. The molecule has 1 amide bonds. The Hall–Kier alpha value is -2.14. The molecule has 0 radical (unpaired) electrons. The number of nitrogens with one attached hydrogen (secondary N) is 2. The molecule has 11 heteroatoms. The fraction of sp³-hybridized carbons (Fsp3) is 0.429. The third-order valence-corrected chi connectivity index (χ3v) is 4.53. The highest BCUT2D eigenvalue weighted by molar-refractivity contribution is 7.89. The molecule has 0 aliphatic carbocycles. The first-order valence-electron chi connectivity index (χ1n) is 7.04. The van der Waals surface area contributed by atoms with E-state index in [1.165, 1.54) is 0 Å². The lowest BCUT2D eigenvalue weighted by Crippen LogP contribution is -2.43. The number of carbonyl (C=O) groups is 2. The van der Waals surface area contributed by atoms with Gasteiger partial charge >= 0.3 is 12.1 Å². The first-order valence-corrected chi connectivity index (χ1v) is 8.53. The average Bonchev–Trinajstić information content (AvgIpc) is 2.43. The predicted octanol–water partition coefficient (Wildman–Crippen LogP) is 1.51. The number of benzene rings is 1. The second kappa shape index (κ2) is 7.83. The lowest BCUT2D eigenvalue weighted by atomic mass is 10.1. The van der Waals surface area contributed by atoms with E-state index in [0.717, 1.165) is 24.3 Å². The molecule has 0 saturated heterocycles. The summed E-state index contributed by atoms with van der Waals surface area (Å²) >= 11 is 0. The number of alkyl halides is 3. The molecule has 0 heterocycles. The predicted molar refractivity (Wildman–Crippen MR) is 81.5 cm³/mol. The van der Waals surface area contributed by atoms with Gasteiger partial charge in [0.15, 0.2) is 0 Å². The quantitative estimate of drug-likeness (QED) is 0.662. The van der Waals surface area contributed by atoms with Gasteiger partial charge in [0.2, 0.25) is 10.0 Å². The van der Waals surface area contributed by atoms with E-state index in [9.17, 15) is 31.2 Å². The highest BCUT2D eigenvalue weighted by Crippen LogP contribution is 2.22. The number of sulfonamides is 1. The topological polar surface area (TPSA) is 113 Å². The summed E-state index contributed by atoms with van der Waals surface area (Å²) in [6.45, 7) is 3.23. The molecule has 0 aliphatic heterocycles. The number of amides is 1. The van der Waals surface area contributed by atoms with E-state index in [0.29, 0.717) is 0 Å². The van der Waals surface area contributed by atoms with Crippen molar-refractivity contribution in [3.8, 4) is 0 Å². The van der Waals surface area contributed by atoms with Crippen LogP contribution < -0.4 is 10.0 Å². The SMILES string of the molecule is CC(C)NS(=O)(=O)c1ccc(C(=O)NC(CC(F)(F)F)C(=O)O)cc1. The maximum Gasteiger partial charge on any atom is 0.391 e. The van der Waals surface area contributed by atoms with Crippen molar-refractivity contribution in [2.75, 3.05) is 0 Å². The van der Waals surface area contributed by atoms with Crippen LogP contribution in [0.3, 0.4) is 0 Å². The minimum absolute atomic E-state index is 0.136. The summed E-state index contributed by atoms with van der Waals surface area (Å²) in [5.41, 5.74) is -0.170. The van der Waals surface area contributed by atoms with Crippen molar-refractivity contribution >= 4 is 21.9 Å². The molecular formula is C14H17F3N2O5S. The molecule has 0 fully saturated rings. The van der Waals surface area contributed by atoms with Gasteiger partial charge in [-0.05, 0) is 38.1 Å².